The molecular weight excluding hydrogens is 479 g/mol. The Morgan fingerprint density at radius 1 is 1.08 bits per heavy atom. The maximum absolute atomic E-state index is 14.5. The van der Waals surface area contributed by atoms with Crippen molar-refractivity contribution in [3.63, 3.8) is 0 Å². The van der Waals surface area contributed by atoms with E-state index in [1.54, 1.807) is 6.07 Å². The molecule has 2 aromatic carbocycles. The lowest BCUT2D eigenvalue weighted by Gasteiger charge is -2.32. The number of halogens is 2. The highest BCUT2D eigenvalue weighted by Crippen LogP contribution is 2.32. The molecule has 0 bridgehead atoms. The third-order valence-electron chi connectivity index (χ3n) is 7.61. The van der Waals surface area contributed by atoms with Gasteiger partial charge in [0, 0.05) is 57.4 Å². The van der Waals surface area contributed by atoms with Gasteiger partial charge in [-0.2, -0.15) is 0 Å². The first-order valence-corrected chi connectivity index (χ1v) is 12.7. The number of morpholine rings is 1. The van der Waals surface area contributed by atoms with E-state index in [0.717, 1.165) is 79.8 Å². The van der Waals surface area contributed by atoms with Crippen molar-refractivity contribution in [1.82, 2.24) is 14.4 Å². The normalized spacial score (nSPS) is 17.4. The van der Waals surface area contributed by atoms with E-state index in [4.69, 9.17) is 10.5 Å². The number of aryl methyl sites for hydroxylation is 1. The molecule has 5 rings (SSSR count). The van der Waals surface area contributed by atoms with E-state index in [2.05, 4.69) is 28.5 Å². The lowest BCUT2D eigenvalue weighted by atomic mass is 9.88. The zero-order valence-corrected chi connectivity index (χ0v) is 21.7. The SMILES string of the molecule is Cc1cccc2c(C(=O)N3CCC(c4cc(CN)ccc4F)CC3)cn(CCN3CCOCC3)c12.Cl. The van der Waals surface area contributed by atoms with Gasteiger partial charge < -0.3 is 19.9 Å². The van der Waals surface area contributed by atoms with Crippen molar-refractivity contribution >= 4 is 29.2 Å². The summed E-state index contributed by atoms with van der Waals surface area (Å²) in [6.45, 7) is 9.01. The summed E-state index contributed by atoms with van der Waals surface area (Å²) in [5.41, 5.74) is 10.5. The van der Waals surface area contributed by atoms with Gasteiger partial charge in [-0.25, -0.2) is 4.39 Å². The number of rotatable bonds is 6. The number of likely N-dealkylation sites (tertiary alicyclic amines) is 1. The van der Waals surface area contributed by atoms with Gasteiger partial charge in [0.25, 0.3) is 5.91 Å². The fraction of sp³-hybridized carbons (Fsp3) is 0.464. The van der Waals surface area contributed by atoms with E-state index < -0.39 is 0 Å². The third-order valence-corrected chi connectivity index (χ3v) is 7.61. The molecule has 1 amide bonds. The highest BCUT2D eigenvalue weighted by Gasteiger charge is 2.28. The summed E-state index contributed by atoms with van der Waals surface area (Å²) in [7, 11) is 0. The second-order valence-electron chi connectivity index (χ2n) is 9.79. The predicted octanol–water partition coefficient (Wildman–Crippen LogP) is 4.32. The van der Waals surface area contributed by atoms with Crippen LogP contribution in [0.3, 0.4) is 0 Å². The largest absolute Gasteiger partial charge is 0.379 e. The zero-order chi connectivity index (χ0) is 24.4. The Kier molecular flexibility index (Phi) is 8.67. The second kappa shape index (κ2) is 11.7. The predicted molar refractivity (Wildman–Crippen MR) is 143 cm³/mol. The number of benzene rings is 2. The van der Waals surface area contributed by atoms with Crippen LogP contribution in [0.4, 0.5) is 4.39 Å². The van der Waals surface area contributed by atoms with Crippen molar-refractivity contribution in [3.05, 3.63) is 70.7 Å². The van der Waals surface area contributed by atoms with E-state index in [-0.39, 0.29) is 30.0 Å². The molecule has 3 aromatic rings. The summed E-state index contributed by atoms with van der Waals surface area (Å²) in [5, 5.41) is 1.01. The maximum atomic E-state index is 14.5. The van der Waals surface area contributed by atoms with Crippen molar-refractivity contribution in [2.75, 3.05) is 45.9 Å². The maximum Gasteiger partial charge on any atom is 0.256 e. The number of para-hydroxylation sites is 1. The summed E-state index contributed by atoms with van der Waals surface area (Å²) >= 11 is 0. The van der Waals surface area contributed by atoms with Crippen molar-refractivity contribution < 1.29 is 13.9 Å². The van der Waals surface area contributed by atoms with Gasteiger partial charge in [0.05, 0.1) is 24.3 Å². The van der Waals surface area contributed by atoms with Crippen LogP contribution in [0.5, 0.6) is 0 Å². The number of ether oxygens (including phenoxy) is 1. The summed E-state index contributed by atoms with van der Waals surface area (Å²) in [6.07, 6.45) is 3.55. The lowest BCUT2D eigenvalue weighted by molar-refractivity contribution is 0.0365. The number of carbonyl (C=O) groups excluding carboxylic acids is 1. The molecule has 36 heavy (non-hydrogen) atoms. The minimum Gasteiger partial charge on any atom is -0.379 e. The van der Waals surface area contributed by atoms with E-state index in [0.29, 0.717) is 19.6 Å². The Labute approximate surface area is 218 Å². The Bertz CT molecular complexity index is 1200. The molecule has 2 N–H and O–H groups in total. The molecule has 0 aliphatic carbocycles. The van der Waals surface area contributed by atoms with Gasteiger partial charge in [0.15, 0.2) is 0 Å². The van der Waals surface area contributed by atoms with Crippen LogP contribution in [0.1, 0.15) is 45.8 Å². The molecule has 0 spiro atoms. The molecule has 0 atom stereocenters. The number of nitrogens with zero attached hydrogens (tertiary/aromatic N) is 3. The molecular formula is C28H36ClFN4O2. The molecule has 194 valence electrons. The van der Waals surface area contributed by atoms with E-state index in [1.807, 2.05) is 23.2 Å². The monoisotopic (exact) mass is 514 g/mol. The topological polar surface area (TPSA) is 63.7 Å². The van der Waals surface area contributed by atoms with Crippen LogP contribution in [0.2, 0.25) is 0 Å². The average Bonchev–Trinajstić information content (AvgIpc) is 3.28. The highest BCUT2D eigenvalue weighted by atomic mass is 35.5. The van der Waals surface area contributed by atoms with Crippen LogP contribution in [-0.2, 0) is 17.8 Å². The number of hydrogen-bond acceptors (Lipinski definition) is 4. The molecule has 0 saturated carbocycles. The number of carbonyl (C=O) groups is 1. The smallest absolute Gasteiger partial charge is 0.256 e. The van der Waals surface area contributed by atoms with Gasteiger partial charge in [-0.3, -0.25) is 9.69 Å². The van der Waals surface area contributed by atoms with Gasteiger partial charge in [-0.15, -0.1) is 12.4 Å². The highest BCUT2D eigenvalue weighted by molar-refractivity contribution is 6.07. The van der Waals surface area contributed by atoms with Crippen LogP contribution in [0.15, 0.2) is 42.6 Å². The van der Waals surface area contributed by atoms with Gasteiger partial charge >= 0.3 is 0 Å². The third kappa shape index (κ3) is 5.44. The standard InChI is InChI=1S/C28H35FN4O2.ClH/c1-20-3-2-4-23-25(19-33(27(20)23)12-11-31-13-15-35-16-14-31)28(34)32-9-7-22(8-10-32)24-17-21(18-30)5-6-26(24)29;/h2-6,17,19,22H,7-16,18,30H2,1H3;1H. The first-order chi connectivity index (χ1) is 17.0. The lowest BCUT2D eigenvalue weighted by Crippen LogP contribution is -2.38. The number of piperidine rings is 1. The Morgan fingerprint density at radius 2 is 1.83 bits per heavy atom. The number of hydrogen-bond donors (Lipinski definition) is 1. The van der Waals surface area contributed by atoms with Crippen LogP contribution in [0.25, 0.3) is 10.9 Å². The molecule has 3 heterocycles. The molecule has 2 fully saturated rings. The number of fused-ring (bicyclic) bond motifs is 1. The van der Waals surface area contributed by atoms with E-state index in [9.17, 15) is 9.18 Å². The fourth-order valence-electron chi connectivity index (χ4n) is 5.57. The Morgan fingerprint density at radius 3 is 2.56 bits per heavy atom. The van der Waals surface area contributed by atoms with E-state index >= 15 is 0 Å². The minimum absolute atomic E-state index is 0. The molecule has 6 nitrogen and oxygen atoms in total. The molecule has 1 aromatic heterocycles. The molecule has 0 unspecified atom stereocenters. The summed E-state index contributed by atoms with van der Waals surface area (Å²) in [4.78, 5) is 18.0. The van der Waals surface area contributed by atoms with E-state index in [1.165, 1.54) is 11.6 Å². The fourth-order valence-corrected chi connectivity index (χ4v) is 5.57. The van der Waals surface area contributed by atoms with Crippen molar-refractivity contribution in [2.24, 2.45) is 5.73 Å². The van der Waals surface area contributed by atoms with Gasteiger partial charge in [-0.05, 0) is 48.4 Å². The van der Waals surface area contributed by atoms with Crippen LogP contribution in [0, 0.1) is 12.7 Å². The van der Waals surface area contributed by atoms with Crippen LogP contribution in [-0.4, -0.2) is 66.2 Å². The number of amides is 1. The molecule has 0 radical (unpaired) electrons. The summed E-state index contributed by atoms with van der Waals surface area (Å²) in [5.74, 6) is 0.00815. The molecule has 2 aliphatic rings. The van der Waals surface area contributed by atoms with Crippen LogP contribution >= 0.6 is 12.4 Å². The first kappa shape index (κ1) is 26.6. The van der Waals surface area contributed by atoms with Gasteiger partial charge in [0.1, 0.15) is 5.82 Å². The van der Waals surface area contributed by atoms with Crippen LogP contribution < -0.4 is 5.73 Å². The second-order valence-corrected chi connectivity index (χ2v) is 9.79. The van der Waals surface area contributed by atoms with Gasteiger partial charge in [0.2, 0.25) is 0 Å². The summed E-state index contributed by atoms with van der Waals surface area (Å²) < 4.78 is 22.2. The number of nitrogens with two attached hydrogens (primary N) is 1. The van der Waals surface area contributed by atoms with Gasteiger partial charge in [-0.1, -0.05) is 30.3 Å². The molecule has 8 heteroatoms. The van der Waals surface area contributed by atoms with Crippen molar-refractivity contribution in [1.29, 1.82) is 0 Å². The number of aromatic nitrogens is 1. The quantitative estimate of drug-likeness (QED) is 0.532. The Hall–Kier alpha value is -2.45. The summed E-state index contributed by atoms with van der Waals surface area (Å²) in [6, 6.07) is 11.3. The first-order valence-electron chi connectivity index (χ1n) is 12.7. The molecule has 2 aliphatic heterocycles. The van der Waals surface area contributed by atoms with Crippen molar-refractivity contribution in [3.8, 4) is 0 Å². The minimum atomic E-state index is -0.175. The average molecular weight is 515 g/mol. The molecule has 2 saturated heterocycles. The Balaban J connectivity index is 0.00000304. The zero-order valence-electron chi connectivity index (χ0n) is 20.9. The van der Waals surface area contributed by atoms with Crippen molar-refractivity contribution in [2.45, 2.75) is 38.8 Å².